The fourth-order valence-electron chi connectivity index (χ4n) is 3.25. The smallest absolute Gasteiger partial charge is 0.330 e. The third-order valence-electron chi connectivity index (χ3n) is 4.44. The van der Waals surface area contributed by atoms with E-state index in [1.807, 2.05) is 49.4 Å². The number of carboxylic acids is 1. The SMILES string of the molecule is C=CCOc1c(C)cccc1NC1(C(=O)O)Cc2ccccc2C1. The number of aliphatic carboxylic acids is 1. The predicted octanol–water partition coefficient (Wildman–Crippen LogP) is 3.59. The van der Waals surface area contributed by atoms with Crippen LogP contribution in [0.15, 0.2) is 55.1 Å². The molecule has 0 bridgehead atoms. The Bertz CT molecular complexity index is 757. The lowest BCUT2D eigenvalue weighted by Gasteiger charge is -2.28. The van der Waals surface area contributed by atoms with Gasteiger partial charge in [0.05, 0.1) is 5.69 Å². The Hall–Kier alpha value is -2.75. The first-order chi connectivity index (χ1) is 11.6. The molecular weight excluding hydrogens is 302 g/mol. The molecule has 3 rings (SSSR count). The molecule has 0 saturated heterocycles. The van der Waals surface area contributed by atoms with Crippen LogP contribution in [-0.4, -0.2) is 23.2 Å². The summed E-state index contributed by atoms with van der Waals surface area (Å²) in [6.07, 6.45) is 2.58. The first kappa shape index (κ1) is 16.1. The fourth-order valence-corrected chi connectivity index (χ4v) is 3.25. The molecule has 0 unspecified atom stereocenters. The average Bonchev–Trinajstić information content (AvgIpc) is 2.94. The van der Waals surface area contributed by atoms with Crippen LogP contribution in [0.5, 0.6) is 5.75 Å². The lowest BCUT2D eigenvalue weighted by atomic mass is 9.95. The number of benzene rings is 2. The minimum Gasteiger partial charge on any atom is -0.487 e. The van der Waals surface area contributed by atoms with E-state index in [-0.39, 0.29) is 0 Å². The summed E-state index contributed by atoms with van der Waals surface area (Å²) in [7, 11) is 0. The van der Waals surface area contributed by atoms with Crippen molar-refractivity contribution in [3.63, 3.8) is 0 Å². The predicted molar refractivity (Wildman–Crippen MR) is 94.7 cm³/mol. The van der Waals surface area contributed by atoms with Crippen LogP contribution in [0.2, 0.25) is 0 Å². The molecule has 0 atom stereocenters. The van der Waals surface area contributed by atoms with Crippen molar-refractivity contribution in [1.82, 2.24) is 0 Å². The number of carbonyl (C=O) groups is 1. The topological polar surface area (TPSA) is 58.6 Å². The summed E-state index contributed by atoms with van der Waals surface area (Å²) < 4.78 is 5.76. The molecule has 0 aliphatic heterocycles. The van der Waals surface area contributed by atoms with E-state index in [9.17, 15) is 9.90 Å². The standard InChI is InChI=1S/C20H21NO3/c1-3-11-24-18-14(2)7-6-10-17(18)21-20(19(22)23)12-15-8-4-5-9-16(15)13-20/h3-10,21H,1,11-13H2,2H3,(H,22,23). The van der Waals surface area contributed by atoms with Gasteiger partial charge in [-0.2, -0.15) is 0 Å². The number of hydrogen-bond donors (Lipinski definition) is 2. The quantitative estimate of drug-likeness (QED) is 0.798. The maximum Gasteiger partial charge on any atom is 0.330 e. The number of nitrogens with one attached hydrogen (secondary N) is 1. The first-order valence-corrected chi connectivity index (χ1v) is 7.97. The van der Waals surface area contributed by atoms with Crippen LogP contribution in [0, 0.1) is 6.92 Å². The van der Waals surface area contributed by atoms with Gasteiger partial charge in [0.2, 0.25) is 0 Å². The minimum atomic E-state index is -1.05. The summed E-state index contributed by atoms with van der Waals surface area (Å²) in [6.45, 7) is 5.99. The third-order valence-corrected chi connectivity index (χ3v) is 4.44. The van der Waals surface area contributed by atoms with E-state index in [4.69, 9.17) is 4.74 Å². The maximum absolute atomic E-state index is 12.1. The molecule has 0 radical (unpaired) electrons. The fraction of sp³-hybridized carbons (Fsp3) is 0.250. The molecule has 0 amide bonds. The van der Waals surface area contributed by atoms with E-state index < -0.39 is 11.5 Å². The van der Waals surface area contributed by atoms with Crippen molar-refractivity contribution in [3.8, 4) is 5.75 Å². The van der Waals surface area contributed by atoms with Gasteiger partial charge < -0.3 is 15.2 Å². The van der Waals surface area contributed by atoms with Crippen molar-refractivity contribution < 1.29 is 14.6 Å². The monoisotopic (exact) mass is 323 g/mol. The number of anilines is 1. The second-order valence-electron chi connectivity index (χ2n) is 6.19. The van der Waals surface area contributed by atoms with Gasteiger partial charge >= 0.3 is 5.97 Å². The highest BCUT2D eigenvalue weighted by molar-refractivity contribution is 5.86. The summed E-state index contributed by atoms with van der Waals surface area (Å²) in [5.74, 6) is -0.177. The second kappa shape index (κ2) is 6.40. The van der Waals surface area contributed by atoms with Crippen LogP contribution < -0.4 is 10.1 Å². The van der Waals surface area contributed by atoms with Crippen molar-refractivity contribution in [2.75, 3.05) is 11.9 Å². The molecule has 2 aromatic rings. The molecule has 4 nitrogen and oxygen atoms in total. The molecule has 1 aliphatic rings. The van der Waals surface area contributed by atoms with Crippen LogP contribution in [-0.2, 0) is 17.6 Å². The molecule has 0 fully saturated rings. The largest absolute Gasteiger partial charge is 0.487 e. The van der Waals surface area contributed by atoms with Gasteiger partial charge in [0.15, 0.2) is 0 Å². The third kappa shape index (κ3) is 2.87. The summed E-state index contributed by atoms with van der Waals surface area (Å²) in [4.78, 5) is 12.1. The minimum absolute atomic E-state index is 0.375. The van der Waals surface area contributed by atoms with Gasteiger partial charge in [0.1, 0.15) is 17.9 Å². The number of carboxylic acid groups (broad SMARTS) is 1. The number of fused-ring (bicyclic) bond motifs is 1. The summed E-state index contributed by atoms with van der Waals surface area (Å²) >= 11 is 0. The molecule has 1 aliphatic carbocycles. The van der Waals surface area contributed by atoms with Crippen LogP contribution in [0.4, 0.5) is 5.69 Å². The van der Waals surface area contributed by atoms with Gasteiger partial charge in [-0.05, 0) is 29.7 Å². The van der Waals surface area contributed by atoms with Crippen LogP contribution >= 0.6 is 0 Å². The van der Waals surface area contributed by atoms with Gasteiger partial charge in [0.25, 0.3) is 0 Å². The summed E-state index contributed by atoms with van der Waals surface area (Å²) in [5.41, 5.74) is 2.76. The molecular formula is C20H21NO3. The molecule has 124 valence electrons. The Kier molecular flexibility index (Phi) is 4.30. The lowest BCUT2D eigenvalue weighted by molar-refractivity contribution is -0.142. The Labute approximate surface area is 141 Å². The number of ether oxygens (including phenoxy) is 1. The van der Waals surface area contributed by atoms with Crippen LogP contribution in [0.25, 0.3) is 0 Å². The zero-order chi connectivity index (χ0) is 17.2. The Morgan fingerprint density at radius 3 is 2.50 bits per heavy atom. The van der Waals surface area contributed by atoms with Gasteiger partial charge in [0, 0.05) is 12.8 Å². The normalized spacial score (nSPS) is 14.7. The highest BCUT2D eigenvalue weighted by atomic mass is 16.5. The summed E-state index contributed by atoms with van der Waals surface area (Å²) in [6, 6.07) is 13.6. The summed E-state index contributed by atoms with van der Waals surface area (Å²) in [5, 5.41) is 13.2. The Balaban J connectivity index is 1.95. The number of para-hydroxylation sites is 1. The van der Waals surface area contributed by atoms with Gasteiger partial charge in [-0.1, -0.05) is 49.1 Å². The Morgan fingerprint density at radius 2 is 1.92 bits per heavy atom. The van der Waals surface area contributed by atoms with E-state index in [2.05, 4.69) is 11.9 Å². The van der Waals surface area contributed by atoms with Gasteiger partial charge in [-0.15, -0.1) is 0 Å². The molecule has 4 heteroatoms. The van der Waals surface area contributed by atoms with Crippen molar-refractivity contribution in [3.05, 3.63) is 71.8 Å². The van der Waals surface area contributed by atoms with Crippen molar-refractivity contribution in [2.24, 2.45) is 0 Å². The lowest BCUT2D eigenvalue weighted by Crippen LogP contribution is -2.47. The Morgan fingerprint density at radius 1 is 1.25 bits per heavy atom. The molecule has 0 spiro atoms. The molecule has 0 aromatic heterocycles. The van der Waals surface area contributed by atoms with Crippen LogP contribution in [0.1, 0.15) is 16.7 Å². The molecule has 0 saturated carbocycles. The van der Waals surface area contributed by atoms with Crippen molar-refractivity contribution >= 4 is 11.7 Å². The number of aryl methyl sites for hydroxylation is 1. The molecule has 2 N–H and O–H groups in total. The van der Waals surface area contributed by atoms with E-state index in [0.717, 1.165) is 16.7 Å². The van der Waals surface area contributed by atoms with Gasteiger partial charge in [-0.25, -0.2) is 4.79 Å². The molecule has 24 heavy (non-hydrogen) atoms. The average molecular weight is 323 g/mol. The molecule has 0 heterocycles. The van der Waals surface area contributed by atoms with Crippen LogP contribution in [0.3, 0.4) is 0 Å². The van der Waals surface area contributed by atoms with Crippen molar-refractivity contribution in [1.29, 1.82) is 0 Å². The first-order valence-electron chi connectivity index (χ1n) is 7.97. The number of hydrogen-bond acceptors (Lipinski definition) is 3. The zero-order valence-electron chi connectivity index (χ0n) is 13.7. The number of rotatable bonds is 6. The highest BCUT2D eigenvalue weighted by Gasteiger charge is 2.44. The molecule has 2 aromatic carbocycles. The maximum atomic E-state index is 12.1. The van der Waals surface area contributed by atoms with E-state index in [0.29, 0.717) is 30.9 Å². The van der Waals surface area contributed by atoms with E-state index >= 15 is 0 Å². The zero-order valence-corrected chi connectivity index (χ0v) is 13.7. The van der Waals surface area contributed by atoms with Crippen molar-refractivity contribution in [2.45, 2.75) is 25.3 Å². The van der Waals surface area contributed by atoms with E-state index in [1.54, 1.807) is 6.08 Å². The highest BCUT2D eigenvalue weighted by Crippen LogP contribution is 2.37. The second-order valence-corrected chi connectivity index (χ2v) is 6.19. The van der Waals surface area contributed by atoms with Gasteiger partial charge in [-0.3, -0.25) is 0 Å². The van der Waals surface area contributed by atoms with E-state index in [1.165, 1.54) is 0 Å².